The first-order valence-electron chi connectivity index (χ1n) is 8.17. The molecule has 1 heterocycles. The van der Waals surface area contributed by atoms with Crippen LogP contribution in [0.2, 0.25) is 0 Å². The van der Waals surface area contributed by atoms with Gasteiger partial charge in [0.1, 0.15) is 6.04 Å². The number of esters is 1. The van der Waals surface area contributed by atoms with Crippen LogP contribution >= 0.6 is 11.8 Å². The van der Waals surface area contributed by atoms with Gasteiger partial charge in [0.25, 0.3) is 17.7 Å². The Bertz CT molecular complexity index is 699. The average Bonchev–Trinajstić information content (AvgIpc) is 2.86. The van der Waals surface area contributed by atoms with Gasteiger partial charge < -0.3 is 9.64 Å². The number of rotatable bonds is 7. The molecule has 26 heavy (non-hydrogen) atoms. The predicted molar refractivity (Wildman–Crippen MR) is 98.0 cm³/mol. The van der Waals surface area contributed by atoms with Gasteiger partial charge in [0.2, 0.25) is 0 Å². The predicted octanol–water partition coefficient (Wildman–Crippen LogP) is 1.42. The van der Waals surface area contributed by atoms with Crippen LogP contribution in [0.25, 0.3) is 0 Å². The van der Waals surface area contributed by atoms with E-state index in [0.717, 1.165) is 4.90 Å². The number of fused-ring (bicyclic) bond motifs is 1. The third kappa shape index (κ3) is 3.90. The van der Waals surface area contributed by atoms with Crippen LogP contribution in [0.1, 0.15) is 34.1 Å². The van der Waals surface area contributed by atoms with E-state index in [4.69, 9.17) is 4.74 Å². The number of likely N-dealkylation sites (N-methyl/N-ethyl adjacent to an activating group) is 1. The van der Waals surface area contributed by atoms with E-state index in [1.807, 2.05) is 6.26 Å². The number of benzene rings is 1. The Morgan fingerprint density at radius 2 is 1.69 bits per heavy atom. The minimum Gasteiger partial charge on any atom is -0.451 e. The molecule has 7 nitrogen and oxygen atoms in total. The van der Waals surface area contributed by atoms with Gasteiger partial charge in [-0.3, -0.25) is 19.3 Å². The van der Waals surface area contributed by atoms with Gasteiger partial charge in [0.05, 0.1) is 11.1 Å². The maximum Gasteiger partial charge on any atom is 0.330 e. The van der Waals surface area contributed by atoms with Crippen LogP contribution in [0.4, 0.5) is 0 Å². The Morgan fingerprint density at radius 3 is 2.15 bits per heavy atom. The second-order valence-electron chi connectivity index (χ2n) is 6.13. The highest BCUT2D eigenvalue weighted by molar-refractivity contribution is 7.98. The molecule has 2 rings (SSSR count). The number of hydrogen-bond donors (Lipinski definition) is 0. The van der Waals surface area contributed by atoms with E-state index < -0.39 is 29.9 Å². The molecular weight excluding hydrogens is 356 g/mol. The number of nitrogens with zero attached hydrogens (tertiary/aromatic N) is 2. The molecular formula is C18H22N2O5S. The zero-order valence-electron chi connectivity index (χ0n) is 15.2. The lowest BCUT2D eigenvalue weighted by Crippen LogP contribution is -2.48. The van der Waals surface area contributed by atoms with Gasteiger partial charge >= 0.3 is 5.97 Å². The van der Waals surface area contributed by atoms with Crippen molar-refractivity contribution in [3.05, 3.63) is 35.4 Å². The number of ether oxygens (including phenoxy) is 1. The zero-order valence-corrected chi connectivity index (χ0v) is 16.0. The van der Waals surface area contributed by atoms with Crippen LogP contribution in [0, 0.1) is 0 Å². The van der Waals surface area contributed by atoms with Crippen molar-refractivity contribution in [1.82, 2.24) is 9.80 Å². The van der Waals surface area contributed by atoms with E-state index in [2.05, 4.69) is 0 Å². The largest absolute Gasteiger partial charge is 0.451 e. The van der Waals surface area contributed by atoms with Crippen molar-refractivity contribution < 1.29 is 23.9 Å². The molecule has 0 aliphatic carbocycles. The molecule has 1 aromatic rings. The number of hydrogen-bond acceptors (Lipinski definition) is 6. The highest BCUT2D eigenvalue weighted by Gasteiger charge is 2.43. The lowest BCUT2D eigenvalue weighted by atomic mass is 10.1. The Hall–Kier alpha value is -2.35. The summed E-state index contributed by atoms with van der Waals surface area (Å²) in [5.74, 6) is -1.59. The molecule has 0 N–H and O–H groups in total. The Morgan fingerprint density at radius 1 is 1.15 bits per heavy atom. The van der Waals surface area contributed by atoms with Crippen LogP contribution in [0.15, 0.2) is 24.3 Å². The van der Waals surface area contributed by atoms with Crippen molar-refractivity contribution in [1.29, 1.82) is 0 Å². The summed E-state index contributed by atoms with van der Waals surface area (Å²) in [6.07, 6.45) is 1.13. The molecule has 1 aliphatic heterocycles. The van der Waals surface area contributed by atoms with Crippen molar-refractivity contribution >= 4 is 35.5 Å². The molecule has 0 unspecified atom stereocenters. The number of carbonyl (C=O) groups excluding carboxylic acids is 4. The summed E-state index contributed by atoms with van der Waals surface area (Å²) >= 11 is 1.49. The molecule has 0 aromatic heterocycles. The van der Waals surface area contributed by atoms with Crippen molar-refractivity contribution in [2.75, 3.05) is 26.1 Å². The van der Waals surface area contributed by atoms with Crippen LogP contribution in [-0.4, -0.2) is 71.7 Å². The molecule has 0 radical (unpaired) electrons. The van der Waals surface area contributed by atoms with Gasteiger partial charge in [0.15, 0.2) is 6.10 Å². The summed E-state index contributed by atoms with van der Waals surface area (Å²) < 4.78 is 5.26. The van der Waals surface area contributed by atoms with Crippen LogP contribution in [0.5, 0.6) is 0 Å². The highest BCUT2D eigenvalue weighted by atomic mass is 32.2. The number of imide groups is 1. The third-order valence-electron chi connectivity index (χ3n) is 4.09. The summed E-state index contributed by atoms with van der Waals surface area (Å²) in [7, 11) is 3.12. The first kappa shape index (κ1) is 20.0. The number of carbonyl (C=O) groups is 4. The van der Waals surface area contributed by atoms with Crippen LogP contribution in [0.3, 0.4) is 0 Å². The fourth-order valence-electron chi connectivity index (χ4n) is 2.74. The topological polar surface area (TPSA) is 84.0 Å². The smallest absolute Gasteiger partial charge is 0.330 e. The fraction of sp³-hybridized carbons (Fsp3) is 0.444. The Balaban J connectivity index is 2.25. The quantitative estimate of drug-likeness (QED) is 0.527. The van der Waals surface area contributed by atoms with Crippen molar-refractivity contribution in [3.8, 4) is 0 Å². The molecule has 3 amide bonds. The van der Waals surface area contributed by atoms with Crippen molar-refractivity contribution in [2.24, 2.45) is 0 Å². The molecule has 2 atom stereocenters. The third-order valence-corrected chi connectivity index (χ3v) is 4.73. The van der Waals surface area contributed by atoms with Gasteiger partial charge in [-0.25, -0.2) is 4.79 Å². The number of amides is 3. The minimum absolute atomic E-state index is 0.258. The van der Waals surface area contributed by atoms with E-state index in [1.54, 1.807) is 38.4 Å². The molecule has 1 aliphatic rings. The standard InChI is InChI=1S/C18H22N2O5S/c1-11(15(21)19(2)3)25-18(24)14(9-10-26-4)20-16(22)12-7-5-6-8-13(12)17(20)23/h5-8,11,14H,9-10H2,1-4H3/t11-,14-/m0/s1. The van der Waals surface area contributed by atoms with E-state index >= 15 is 0 Å². The molecule has 0 fully saturated rings. The maximum absolute atomic E-state index is 12.7. The fourth-order valence-corrected chi connectivity index (χ4v) is 3.20. The molecule has 0 spiro atoms. The van der Waals surface area contributed by atoms with Crippen LogP contribution < -0.4 is 0 Å². The molecule has 8 heteroatoms. The summed E-state index contributed by atoms with van der Waals surface area (Å²) in [5, 5.41) is 0. The summed E-state index contributed by atoms with van der Waals surface area (Å²) in [6.45, 7) is 1.47. The Labute approximate surface area is 156 Å². The highest BCUT2D eigenvalue weighted by Crippen LogP contribution is 2.26. The molecule has 0 bridgehead atoms. The zero-order chi connectivity index (χ0) is 19.4. The van der Waals surface area contributed by atoms with E-state index in [9.17, 15) is 19.2 Å². The maximum atomic E-state index is 12.7. The monoisotopic (exact) mass is 378 g/mol. The van der Waals surface area contributed by atoms with Crippen molar-refractivity contribution in [2.45, 2.75) is 25.5 Å². The SMILES string of the molecule is CSCC[C@@H](C(=O)O[C@@H](C)C(=O)N(C)C)N1C(=O)c2ccccc2C1=O. The first-order chi connectivity index (χ1) is 12.3. The van der Waals surface area contributed by atoms with Gasteiger partial charge in [-0.05, 0) is 37.5 Å². The van der Waals surface area contributed by atoms with Gasteiger partial charge in [-0.1, -0.05) is 12.1 Å². The summed E-state index contributed by atoms with van der Waals surface area (Å²) in [5.41, 5.74) is 0.550. The first-order valence-corrected chi connectivity index (χ1v) is 9.56. The minimum atomic E-state index is -1.06. The van der Waals surface area contributed by atoms with Crippen LogP contribution in [-0.2, 0) is 14.3 Å². The average molecular weight is 378 g/mol. The van der Waals surface area contributed by atoms with Gasteiger partial charge in [-0.15, -0.1) is 0 Å². The Kier molecular flexibility index (Phi) is 6.42. The summed E-state index contributed by atoms with van der Waals surface area (Å²) in [4.78, 5) is 52.2. The second-order valence-corrected chi connectivity index (χ2v) is 7.12. The second kappa shape index (κ2) is 8.35. The summed E-state index contributed by atoms with van der Waals surface area (Å²) in [6, 6.07) is 5.39. The lowest BCUT2D eigenvalue weighted by Gasteiger charge is -2.26. The van der Waals surface area contributed by atoms with Gasteiger partial charge in [0, 0.05) is 14.1 Å². The molecule has 140 valence electrons. The van der Waals surface area contributed by atoms with Crippen molar-refractivity contribution in [3.63, 3.8) is 0 Å². The van der Waals surface area contributed by atoms with E-state index in [-0.39, 0.29) is 23.5 Å². The molecule has 0 saturated carbocycles. The number of thioether (sulfide) groups is 1. The van der Waals surface area contributed by atoms with E-state index in [1.165, 1.54) is 23.6 Å². The molecule has 0 saturated heterocycles. The van der Waals surface area contributed by atoms with E-state index in [0.29, 0.717) is 5.75 Å². The normalized spacial score (nSPS) is 15.5. The molecule has 1 aromatic carbocycles. The lowest BCUT2D eigenvalue weighted by molar-refractivity contribution is -0.161. The van der Waals surface area contributed by atoms with Gasteiger partial charge in [-0.2, -0.15) is 11.8 Å².